The predicted octanol–water partition coefficient (Wildman–Crippen LogP) is 2.09. The first-order valence-electron chi connectivity index (χ1n) is 6.84. The Hall–Kier alpha value is -1.32. The molecule has 100 valence electrons. The van der Waals surface area contributed by atoms with Crippen molar-refractivity contribution >= 4 is 5.91 Å². The Morgan fingerprint density at radius 3 is 2.61 bits per heavy atom. The third-order valence-electron chi connectivity index (χ3n) is 3.80. The normalized spacial score (nSPS) is 17.4. The van der Waals surface area contributed by atoms with E-state index < -0.39 is 0 Å². The quantitative estimate of drug-likeness (QED) is 0.822. The van der Waals surface area contributed by atoms with Crippen molar-refractivity contribution in [1.82, 2.24) is 14.5 Å². The largest absolute Gasteiger partial charge is 0.342 e. The second-order valence-corrected chi connectivity index (χ2v) is 5.55. The molecule has 2 heterocycles. The van der Waals surface area contributed by atoms with Gasteiger partial charge >= 0.3 is 0 Å². The monoisotopic (exact) mass is 249 g/mol. The van der Waals surface area contributed by atoms with E-state index in [1.54, 1.807) is 0 Å². The molecule has 0 saturated carbocycles. The summed E-state index contributed by atoms with van der Waals surface area (Å²) in [5, 5.41) is 0. The molecule has 0 spiro atoms. The summed E-state index contributed by atoms with van der Waals surface area (Å²) in [4.78, 5) is 18.1. The van der Waals surface area contributed by atoms with Crippen molar-refractivity contribution in [3.05, 3.63) is 18.2 Å². The number of piperidine rings is 1. The Labute approximate surface area is 109 Å². The molecule has 4 nitrogen and oxygen atoms in total. The molecule has 1 aromatic heterocycles. The highest BCUT2D eigenvalue weighted by atomic mass is 16.2. The number of rotatable bonds is 3. The smallest absolute Gasteiger partial charge is 0.225 e. The molecule has 0 radical (unpaired) electrons. The van der Waals surface area contributed by atoms with Crippen molar-refractivity contribution in [3.63, 3.8) is 0 Å². The molecule has 1 saturated heterocycles. The number of hydrogen-bond donors (Lipinski definition) is 0. The number of hydrogen-bond acceptors (Lipinski definition) is 2. The summed E-state index contributed by atoms with van der Waals surface area (Å²) in [5.74, 6) is 2.18. The lowest BCUT2D eigenvalue weighted by molar-refractivity contribution is -0.135. The Bertz CT molecular complexity index is 403. The standard InChI is InChI=1S/C14H23N3O/c1-11(2)14(18)16-7-4-13(5-8-16)10-17-9-6-15-12(17)3/h6,9,11,13H,4-5,7-8,10H2,1-3H3. The summed E-state index contributed by atoms with van der Waals surface area (Å²) < 4.78 is 2.21. The molecule has 0 aliphatic carbocycles. The fourth-order valence-electron chi connectivity index (χ4n) is 2.58. The molecular formula is C14H23N3O. The summed E-state index contributed by atoms with van der Waals surface area (Å²) in [5.41, 5.74) is 0. The van der Waals surface area contributed by atoms with Crippen LogP contribution in [-0.2, 0) is 11.3 Å². The lowest BCUT2D eigenvalue weighted by atomic mass is 9.96. The first-order chi connectivity index (χ1) is 8.58. The van der Waals surface area contributed by atoms with Gasteiger partial charge in [0.15, 0.2) is 0 Å². The van der Waals surface area contributed by atoms with Crippen LogP contribution < -0.4 is 0 Å². The summed E-state index contributed by atoms with van der Waals surface area (Å²) in [6, 6.07) is 0. The zero-order valence-electron chi connectivity index (χ0n) is 11.6. The molecule has 1 aromatic rings. The average Bonchev–Trinajstić information content (AvgIpc) is 2.75. The number of likely N-dealkylation sites (tertiary alicyclic amines) is 1. The van der Waals surface area contributed by atoms with E-state index >= 15 is 0 Å². The lowest BCUT2D eigenvalue weighted by Crippen LogP contribution is -2.41. The first kappa shape index (κ1) is 13.1. The van der Waals surface area contributed by atoms with Gasteiger partial charge in [0.2, 0.25) is 5.91 Å². The Morgan fingerprint density at radius 1 is 1.44 bits per heavy atom. The first-order valence-corrected chi connectivity index (χ1v) is 6.84. The van der Waals surface area contributed by atoms with Gasteiger partial charge in [0.05, 0.1) is 0 Å². The molecule has 1 aliphatic heterocycles. The van der Waals surface area contributed by atoms with Crippen LogP contribution in [-0.4, -0.2) is 33.4 Å². The zero-order chi connectivity index (χ0) is 13.1. The fourth-order valence-corrected chi connectivity index (χ4v) is 2.58. The molecule has 1 aliphatic rings. The lowest BCUT2D eigenvalue weighted by Gasteiger charge is -2.33. The average molecular weight is 249 g/mol. The zero-order valence-corrected chi connectivity index (χ0v) is 11.6. The molecule has 18 heavy (non-hydrogen) atoms. The van der Waals surface area contributed by atoms with Crippen molar-refractivity contribution in [2.24, 2.45) is 11.8 Å². The van der Waals surface area contributed by atoms with Crippen molar-refractivity contribution in [3.8, 4) is 0 Å². The van der Waals surface area contributed by atoms with Gasteiger partial charge in [0, 0.05) is 37.9 Å². The van der Waals surface area contributed by atoms with Gasteiger partial charge in [-0.25, -0.2) is 4.98 Å². The molecular weight excluding hydrogens is 226 g/mol. The van der Waals surface area contributed by atoms with Crippen molar-refractivity contribution in [2.75, 3.05) is 13.1 Å². The molecule has 1 fully saturated rings. The number of aromatic nitrogens is 2. The molecule has 2 rings (SSSR count). The third kappa shape index (κ3) is 2.92. The Kier molecular flexibility index (Phi) is 4.04. The molecule has 0 atom stereocenters. The highest BCUT2D eigenvalue weighted by molar-refractivity contribution is 5.78. The number of imidazole rings is 1. The van der Waals surface area contributed by atoms with Crippen molar-refractivity contribution in [1.29, 1.82) is 0 Å². The number of carbonyl (C=O) groups excluding carboxylic acids is 1. The highest BCUT2D eigenvalue weighted by Crippen LogP contribution is 2.20. The van der Waals surface area contributed by atoms with E-state index in [9.17, 15) is 4.79 Å². The second kappa shape index (κ2) is 5.55. The number of aryl methyl sites for hydroxylation is 1. The van der Waals surface area contributed by atoms with Crippen LogP contribution in [0, 0.1) is 18.8 Å². The Balaban J connectivity index is 1.84. The minimum absolute atomic E-state index is 0.123. The summed E-state index contributed by atoms with van der Waals surface area (Å²) in [7, 11) is 0. The van der Waals surface area contributed by atoms with E-state index in [0.717, 1.165) is 38.3 Å². The van der Waals surface area contributed by atoms with Crippen molar-refractivity contribution < 1.29 is 4.79 Å². The van der Waals surface area contributed by atoms with Gasteiger partial charge in [-0.3, -0.25) is 4.79 Å². The van der Waals surface area contributed by atoms with Gasteiger partial charge in [0.25, 0.3) is 0 Å². The van der Waals surface area contributed by atoms with E-state index in [0.29, 0.717) is 11.8 Å². The van der Waals surface area contributed by atoms with E-state index in [1.807, 2.05) is 38.1 Å². The molecule has 1 amide bonds. The van der Waals surface area contributed by atoms with E-state index in [-0.39, 0.29) is 5.92 Å². The van der Waals surface area contributed by atoms with Crippen LogP contribution in [0.2, 0.25) is 0 Å². The van der Waals surface area contributed by atoms with Crippen molar-refractivity contribution in [2.45, 2.75) is 40.2 Å². The molecule has 4 heteroatoms. The minimum Gasteiger partial charge on any atom is -0.342 e. The van der Waals surface area contributed by atoms with Crippen LogP contribution in [0.4, 0.5) is 0 Å². The van der Waals surface area contributed by atoms with E-state index in [2.05, 4.69) is 9.55 Å². The minimum atomic E-state index is 0.123. The van der Waals surface area contributed by atoms with Crippen LogP contribution >= 0.6 is 0 Å². The number of nitrogens with zero attached hydrogens (tertiary/aromatic N) is 3. The molecule has 0 unspecified atom stereocenters. The van der Waals surface area contributed by atoms with Gasteiger partial charge in [-0.1, -0.05) is 13.8 Å². The van der Waals surface area contributed by atoms with Gasteiger partial charge in [-0.05, 0) is 25.7 Å². The summed E-state index contributed by atoms with van der Waals surface area (Å²) >= 11 is 0. The predicted molar refractivity (Wildman–Crippen MR) is 71.1 cm³/mol. The maximum atomic E-state index is 11.9. The highest BCUT2D eigenvalue weighted by Gasteiger charge is 2.24. The SMILES string of the molecule is Cc1nccn1CC1CCN(C(=O)C(C)C)CC1. The molecule has 0 aromatic carbocycles. The van der Waals surface area contributed by atoms with Gasteiger partial charge in [-0.2, -0.15) is 0 Å². The maximum Gasteiger partial charge on any atom is 0.225 e. The molecule has 0 bridgehead atoms. The maximum absolute atomic E-state index is 11.9. The topological polar surface area (TPSA) is 38.1 Å². The van der Waals surface area contributed by atoms with Gasteiger partial charge in [-0.15, -0.1) is 0 Å². The van der Waals surface area contributed by atoms with Gasteiger partial charge < -0.3 is 9.47 Å². The second-order valence-electron chi connectivity index (χ2n) is 5.55. The summed E-state index contributed by atoms with van der Waals surface area (Å²) in [6.45, 7) is 8.85. The summed E-state index contributed by atoms with van der Waals surface area (Å²) in [6.07, 6.45) is 6.11. The van der Waals surface area contributed by atoms with E-state index in [4.69, 9.17) is 0 Å². The number of carbonyl (C=O) groups is 1. The number of amides is 1. The third-order valence-corrected chi connectivity index (χ3v) is 3.80. The van der Waals surface area contributed by atoms with Crippen LogP contribution in [0.15, 0.2) is 12.4 Å². The fraction of sp³-hybridized carbons (Fsp3) is 0.714. The van der Waals surface area contributed by atoms with Crippen LogP contribution in [0.1, 0.15) is 32.5 Å². The van der Waals surface area contributed by atoms with E-state index in [1.165, 1.54) is 0 Å². The molecule has 0 N–H and O–H groups in total. The van der Waals surface area contributed by atoms with Crippen LogP contribution in [0.3, 0.4) is 0 Å². The van der Waals surface area contributed by atoms with Crippen LogP contribution in [0.25, 0.3) is 0 Å². The van der Waals surface area contributed by atoms with Crippen LogP contribution in [0.5, 0.6) is 0 Å². The van der Waals surface area contributed by atoms with Gasteiger partial charge in [0.1, 0.15) is 5.82 Å². The Morgan fingerprint density at radius 2 is 2.11 bits per heavy atom.